The van der Waals surface area contributed by atoms with Crippen LogP contribution in [0.1, 0.15) is 28.8 Å². The highest BCUT2D eigenvalue weighted by Gasteiger charge is 2.07. The molecule has 0 atom stereocenters. The Hall–Kier alpha value is -3.45. The first-order valence-corrected chi connectivity index (χ1v) is 10.9. The summed E-state index contributed by atoms with van der Waals surface area (Å²) in [4.78, 5) is 28.6. The Kier molecular flexibility index (Phi) is 7.95. The highest BCUT2D eigenvalue weighted by atomic mass is 32.1. The quantitative estimate of drug-likeness (QED) is 0.490. The molecule has 0 aliphatic rings. The standard InChI is InChI=1S/C24H25N3O3S/c1-3-19-8-4-5-10-22(19)27-24(29)14-25-23(28)12-11-18-7-6-9-21(13-18)30-15-20-16-31-17(2)26-20/h4-13,16H,3,14-15H2,1-2H3,(H,25,28)(H,27,29)/b12-11+. The zero-order valence-electron chi connectivity index (χ0n) is 17.6. The summed E-state index contributed by atoms with van der Waals surface area (Å²) < 4.78 is 5.76. The second-order valence-corrected chi connectivity index (χ2v) is 7.89. The van der Waals surface area contributed by atoms with Crippen molar-refractivity contribution in [3.05, 3.63) is 81.8 Å². The molecule has 6 nitrogen and oxygen atoms in total. The van der Waals surface area contributed by atoms with E-state index in [9.17, 15) is 9.59 Å². The topological polar surface area (TPSA) is 80.3 Å². The smallest absolute Gasteiger partial charge is 0.244 e. The molecule has 0 saturated heterocycles. The van der Waals surface area contributed by atoms with E-state index in [0.717, 1.165) is 33.9 Å². The Morgan fingerprint density at radius 2 is 2.00 bits per heavy atom. The van der Waals surface area contributed by atoms with Crippen LogP contribution < -0.4 is 15.4 Å². The minimum absolute atomic E-state index is 0.0998. The van der Waals surface area contributed by atoms with E-state index in [0.29, 0.717) is 12.4 Å². The van der Waals surface area contributed by atoms with Gasteiger partial charge >= 0.3 is 0 Å². The largest absolute Gasteiger partial charge is 0.487 e. The third-order valence-corrected chi connectivity index (χ3v) is 5.26. The van der Waals surface area contributed by atoms with Crippen molar-refractivity contribution >= 4 is 34.9 Å². The van der Waals surface area contributed by atoms with Gasteiger partial charge in [0.1, 0.15) is 12.4 Å². The van der Waals surface area contributed by atoms with Crippen molar-refractivity contribution in [2.24, 2.45) is 0 Å². The first kappa shape index (κ1) is 22.2. The van der Waals surface area contributed by atoms with Crippen molar-refractivity contribution in [1.82, 2.24) is 10.3 Å². The number of ether oxygens (including phenoxy) is 1. The van der Waals surface area contributed by atoms with Gasteiger partial charge in [-0.1, -0.05) is 37.3 Å². The van der Waals surface area contributed by atoms with Crippen molar-refractivity contribution in [2.45, 2.75) is 26.9 Å². The molecule has 0 spiro atoms. The number of nitrogens with zero attached hydrogens (tertiary/aromatic N) is 1. The Morgan fingerprint density at radius 1 is 1.16 bits per heavy atom. The molecule has 0 fully saturated rings. The fourth-order valence-corrected chi connectivity index (χ4v) is 3.48. The number of amides is 2. The van der Waals surface area contributed by atoms with Gasteiger partial charge in [0.05, 0.1) is 17.2 Å². The van der Waals surface area contributed by atoms with Crippen molar-refractivity contribution in [1.29, 1.82) is 0 Å². The second-order valence-electron chi connectivity index (χ2n) is 6.83. The molecule has 2 amide bonds. The van der Waals surface area contributed by atoms with Crippen LogP contribution in [0.3, 0.4) is 0 Å². The van der Waals surface area contributed by atoms with E-state index in [1.54, 1.807) is 17.4 Å². The van der Waals surface area contributed by atoms with Gasteiger partial charge in [-0.3, -0.25) is 9.59 Å². The summed E-state index contributed by atoms with van der Waals surface area (Å²) in [6, 6.07) is 15.0. The fraction of sp³-hybridized carbons (Fsp3) is 0.208. The monoisotopic (exact) mass is 435 g/mol. The van der Waals surface area contributed by atoms with Crippen molar-refractivity contribution in [2.75, 3.05) is 11.9 Å². The Labute approximate surface area is 186 Å². The maximum Gasteiger partial charge on any atom is 0.244 e. The van der Waals surface area contributed by atoms with Gasteiger partial charge in [-0.2, -0.15) is 0 Å². The lowest BCUT2D eigenvalue weighted by Gasteiger charge is -2.09. The summed E-state index contributed by atoms with van der Waals surface area (Å²) in [5.74, 6) is 0.0840. The maximum absolute atomic E-state index is 12.1. The van der Waals surface area contributed by atoms with Crippen LogP contribution in [0.5, 0.6) is 5.75 Å². The van der Waals surface area contributed by atoms with Crippen LogP contribution in [0.15, 0.2) is 60.0 Å². The molecule has 3 aromatic rings. The number of hydrogen-bond donors (Lipinski definition) is 2. The molecule has 0 radical (unpaired) electrons. The third-order valence-electron chi connectivity index (χ3n) is 4.43. The van der Waals surface area contributed by atoms with E-state index < -0.39 is 0 Å². The van der Waals surface area contributed by atoms with Gasteiger partial charge in [-0.05, 0) is 48.7 Å². The molecule has 0 saturated carbocycles. The number of thiazole rings is 1. The fourth-order valence-electron chi connectivity index (χ4n) is 2.88. The zero-order chi connectivity index (χ0) is 22.1. The second kappa shape index (κ2) is 11.1. The van der Waals surface area contributed by atoms with Crippen LogP contribution in [-0.4, -0.2) is 23.3 Å². The number of nitrogens with one attached hydrogen (secondary N) is 2. The summed E-state index contributed by atoms with van der Waals surface area (Å²) >= 11 is 1.59. The Morgan fingerprint density at radius 3 is 2.77 bits per heavy atom. The van der Waals surface area contributed by atoms with E-state index in [2.05, 4.69) is 15.6 Å². The van der Waals surface area contributed by atoms with Gasteiger partial charge in [0, 0.05) is 17.1 Å². The maximum atomic E-state index is 12.1. The molecular formula is C24H25N3O3S. The summed E-state index contributed by atoms with van der Waals surface area (Å²) in [5.41, 5.74) is 3.53. The number of carbonyl (C=O) groups is 2. The molecule has 0 unspecified atom stereocenters. The minimum Gasteiger partial charge on any atom is -0.487 e. The summed E-state index contributed by atoms with van der Waals surface area (Å²) in [6.45, 7) is 4.28. The zero-order valence-corrected chi connectivity index (χ0v) is 18.4. The summed E-state index contributed by atoms with van der Waals surface area (Å²) in [7, 11) is 0. The minimum atomic E-state index is -0.344. The molecule has 7 heteroatoms. The molecule has 0 aliphatic heterocycles. The van der Waals surface area contributed by atoms with E-state index >= 15 is 0 Å². The van der Waals surface area contributed by atoms with Gasteiger partial charge in [0.2, 0.25) is 11.8 Å². The number of aromatic nitrogens is 1. The van der Waals surface area contributed by atoms with Crippen LogP contribution in [0, 0.1) is 6.92 Å². The van der Waals surface area contributed by atoms with Crippen LogP contribution in [-0.2, 0) is 22.6 Å². The average molecular weight is 436 g/mol. The van der Waals surface area contributed by atoms with Crippen molar-refractivity contribution in [3.63, 3.8) is 0 Å². The molecule has 2 aromatic carbocycles. The molecule has 1 aromatic heterocycles. The molecule has 1 heterocycles. The first-order chi connectivity index (χ1) is 15.0. The molecule has 31 heavy (non-hydrogen) atoms. The molecule has 0 aliphatic carbocycles. The summed E-state index contributed by atoms with van der Waals surface area (Å²) in [5, 5.41) is 8.40. The van der Waals surface area contributed by atoms with Crippen LogP contribution in [0.2, 0.25) is 0 Å². The molecular weight excluding hydrogens is 410 g/mol. The van der Waals surface area contributed by atoms with Gasteiger partial charge in [0.15, 0.2) is 0 Å². The number of anilines is 1. The number of benzene rings is 2. The number of aryl methyl sites for hydroxylation is 2. The van der Waals surface area contributed by atoms with Crippen LogP contribution >= 0.6 is 11.3 Å². The lowest BCUT2D eigenvalue weighted by molar-refractivity contribution is -0.121. The predicted octanol–water partition coefficient (Wildman–Crippen LogP) is 4.36. The first-order valence-electron chi connectivity index (χ1n) is 10.0. The SMILES string of the molecule is CCc1ccccc1NC(=O)CNC(=O)/C=C/c1cccc(OCc2csc(C)n2)c1. The molecule has 2 N–H and O–H groups in total. The van der Waals surface area contributed by atoms with E-state index in [1.807, 2.05) is 67.8 Å². The van der Waals surface area contributed by atoms with Gasteiger partial charge < -0.3 is 15.4 Å². The van der Waals surface area contributed by atoms with Gasteiger partial charge in [-0.15, -0.1) is 11.3 Å². The lowest BCUT2D eigenvalue weighted by atomic mass is 10.1. The lowest BCUT2D eigenvalue weighted by Crippen LogP contribution is -2.31. The van der Waals surface area contributed by atoms with Gasteiger partial charge in [-0.25, -0.2) is 4.98 Å². The molecule has 0 bridgehead atoms. The van der Waals surface area contributed by atoms with Crippen LogP contribution in [0.25, 0.3) is 6.08 Å². The van der Waals surface area contributed by atoms with E-state index in [4.69, 9.17) is 4.74 Å². The van der Waals surface area contributed by atoms with E-state index in [-0.39, 0.29) is 18.4 Å². The normalized spacial score (nSPS) is 10.8. The molecule has 160 valence electrons. The number of carbonyl (C=O) groups excluding carboxylic acids is 2. The highest BCUT2D eigenvalue weighted by Crippen LogP contribution is 2.17. The Balaban J connectivity index is 1.47. The van der Waals surface area contributed by atoms with Crippen LogP contribution in [0.4, 0.5) is 5.69 Å². The molecule has 3 rings (SSSR count). The third kappa shape index (κ3) is 7.08. The predicted molar refractivity (Wildman–Crippen MR) is 124 cm³/mol. The van der Waals surface area contributed by atoms with E-state index in [1.165, 1.54) is 6.08 Å². The van der Waals surface area contributed by atoms with Crippen molar-refractivity contribution < 1.29 is 14.3 Å². The number of rotatable bonds is 9. The number of hydrogen-bond acceptors (Lipinski definition) is 5. The Bertz CT molecular complexity index is 1080. The van der Waals surface area contributed by atoms with Crippen molar-refractivity contribution in [3.8, 4) is 5.75 Å². The highest BCUT2D eigenvalue weighted by molar-refractivity contribution is 7.09. The average Bonchev–Trinajstić information content (AvgIpc) is 3.20. The summed E-state index contributed by atoms with van der Waals surface area (Å²) in [6.07, 6.45) is 3.90. The number of para-hydroxylation sites is 1. The van der Waals surface area contributed by atoms with Gasteiger partial charge in [0.25, 0.3) is 0 Å².